The van der Waals surface area contributed by atoms with Crippen LogP contribution < -0.4 is 10.1 Å². The van der Waals surface area contributed by atoms with Gasteiger partial charge in [0.2, 0.25) is 0 Å². The molecular formula is C23H20N4O2. The van der Waals surface area contributed by atoms with Crippen molar-refractivity contribution in [2.24, 2.45) is 7.05 Å². The van der Waals surface area contributed by atoms with E-state index in [0.717, 1.165) is 40.2 Å². The molecule has 0 radical (unpaired) electrons. The molecule has 0 fully saturated rings. The topological polar surface area (TPSA) is 69.0 Å². The number of hydrogen-bond donors (Lipinski definition) is 1. The molecule has 2 aromatic heterocycles. The van der Waals surface area contributed by atoms with Gasteiger partial charge in [-0.25, -0.2) is 4.98 Å². The summed E-state index contributed by atoms with van der Waals surface area (Å²) in [7, 11) is 1.95. The molecule has 0 aliphatic carbocycles. The van der Waals surface area contributed by atoms with Gasteiger partial charge in [0.05, 0.1) is 23.7 Å². The molecule has 1 atom stereocenters. The van der Waals surface area contributed by atoms with Gasteiger partial charge in [-0.05, 0) is 36.4 Å². The van der Waals surface area contributed by atoms with E-state index in [0.29, 0.717) is 12.2 Å². The van der Waals surface area contributed by atoms with Crippen LogP contribution in [0.5, 0.6) is 5.75 Å². The minimum absolute atomic E-state index is 0.0550. The van der Waals surface area contributed by atoms with Crippen LogP contribution in [0.2, 0.25) is 0 Å². The molecule has 1 amide bonds. The number of carbonyl (C=O) groups excluding carboxylic acids is 1. The number of benzene rings is 2. The molecule has 3 heterocycles. The summed E-state index contributed by atoms with van der Waals surface area (Å²) in [6, 6.07) is 17.3. The zero-order valence-corrected chi connectivity index (χ0v) is 16.0. The van der Waals surface area contributed by atoms with Crippen LogP contribution in [0.3, 0.4) is 0 Å². The van der Waals surface area contributed by atoms with Crippen LogP contribution in [0.1, 0.15) is 28.4 Å². The van der Waals surface area contributed by atoms with Gasteiger partial charge in [0.15, 0.2) is 0 Å². The van der Waals surface area contributed by atoms with Crippen molar-refractivity contribution in [1.82, 2.24) is 19.9 Å². The fourth-order valence-electron chi connectivity index (χ4n) is 3.82. The van der Waals surface area contributed by atoms with E-state index in [1.54, 1.807) is 12.4 Å². The Morgan fingerprint density at radius 3 is 2.93 bits per heavy atom. The first-order valence-electron chi connectivity index (χ1n) is 9.60. The molecule has 4 aromatic rings. The largest absolute Gasteiger partial charge is 0.493 e. The molecule has 1 aliphatic rings. The average molecular weight is 384 g/mol. The van der Waals surface area contributed by atoms with Crippen LogP contribution in [-0.2, 0) is 7.05 Å². The van der Waals surface area contributed by atoms with Crippen LogP contribution in [0.15, 0.2) is 67.0 Å². The first-order chi connectivity index (χ1) is 14.2. The maximum absolute atomic E-state index is 13.0. The number of nitrogens with one attached hydrogen (secondary N) is 1. The Kier molecular flexibility index (Phi) is 4.24. The molecule has 1 aliphatic heterocycles. The lowest BCUT2D eigenvalue weighted by Gasteiger charge is -2.26. The SMILES string of the molecule is Cn1c(-c2cccnc2)nc2ccc(C(=O)N[C@H]3CCOc4ccccc43)cc21. The zero-order chi connectivity index (χ0) is 19.8. The Hall–Kier alpha value is -3.67. The molecule has 144 valence electrons. The van der Waals surface area contributed by atoms with Gasteiger partial charge in [0.25, 0.3) is 5.91 Å². The highest BCUT2D eigenvalue weighted by atomic mass is 16.5. The molecule has 0 bridgehead atoms. The minimum atomic E-state index is -0.0993. The van der Waals surface area contributed by atoms with Crippen LogP contribution in [0.4, 0.5) is 0 Å². The molecule has 1 N–H and O–H groups in total. The fraction of sp³-hybridized carbons (Fsp3) is 0.174. The molecule has 29 heavy (non-hydrogen) atoms. The van der Waals surface area contributed by atoms with E-state index in [-0.39, 0.29) is 11.9 Å². The summed E-state index contributed by atoms with van der Waals surface area (Å²) in [6.45, 7) is 0.594. The zero-order valence-electron chi connectivity index (χ0n) is 16.0. The van der Waals surface area contributed by atoms with E-state index in [2.05, 4.69) is 10.3 Å². The number of rotatable bonds is 3. The van der Waals surface area contributed by atoms with E-state index in [4.69, 9.17) is 9.72 Å². The average Bonchev–Trinajstić information content (AvgIpc) is 3.10. The molecular weight excluding hydrogens is 364 g/mol. The summed E-state index contributed by atoms with van der Waals surface area (Å²) in [4.78, 5) is 21.8. The predicted octanol–water partition coefficient (Wildman–Crippen LogP) is 3.89. The number of fused-ring (bicyclic) bond motifs is 2. The second kappa shape index (κ2) is 7.05. The van der Waals surface area contributed by atoms with E-state index < -0.39 is 0 Å². The second-order valence-electron chi connectivity index (χ2n) is 7.14. The molecule has 6 heteroatoms. The highest BCUT2D eigenvalue weighted by Crippen LogP contribution is 2.32. The van der Waals surface area contributed by atoms with E-state index in [1.165, 1.54) is 0 Å². The molecule has 0 unspecified atom stereocenters. The predicted molar refractivity (Wildman–Crippen MR) is 111 cm³/mol. The Morgan fingerprint density at radius 2 is 2.07 bits per heavy atom. The molecule has 2 aromatic carbocycles. The maximum atomic E-state index is 13.0. The van der Waals surface area contributed by atoms with Crippen LogP contribution >= 0.6 is 0 Å². The van der Waals surface area contributed by atoms with Gasteiger partial charge in [-0.15, -0.1) is 0 Å². The van der Waals surface area contributed by atoms with Crippen molar-refractivity contribution in [3.63, 3.8) is 0 Å². The lowest BCUT2D eigenvalue weighted by molar-refractivity contribution is 0.0925. The second-order valence-corrected chi connectivity index (χ2v) is 7.14. The van der Waals surface area contributed by atoms with E-state index in [9.17, 15) is 4.79 Å². The van der Waals surface area contributed by atoms with Gasteiger partial charge in [-0.1, -0.05) is 18.2 Å². The highest BCUT2D eigenvalue weighted by molar-refractivity contribution is 5.98. The first kappa shape index (κ1) is 17.4. The minimum Gasteiger partial charge on any atom is -0.493 e. The summed E-state index contributed by atoms with van der Waals surface area (Å²) in [5.74, 6) is 1.56. The summed E-state index contributed by atoms with van der Waals surface area (Å²) in [5.41, 5.74) is 4.33. The first-order valence-corrected chi connectivity index (χ1v) is 9.60. The smallest absolute Gasteiger partial charge is 0.251 e. The van der Waals surface area contributed by atoms with Crippen molar-refractivity contribution in [1.29, 1.82) is 0 Å². The number of amides is 1. The molecule has 0 saturated heterocycles. The van der Waals surface area contributed by atoms with Crippen molar-refractivity contribution in [3.8, 4) is 17.1 Å². The summed E-state index contributed by atoms with van der Waals surface area (Å²) < 4.78 is 7.68. The molecule has 0 spiro atoms. The molecule has 5 rings (SSSR count). The number of hydrogen-bond acceptors (Lipinski definition) is 4. The fourth-order valence-corrected chi connectivity index (χ4v) is 3.82. The highest BCUT2D eigenvalue weighted by Gasteiger charge is 2.23. The van der Waals surface area contributed by atoms with Crippen molar-refractivity contribution >= 4 is 16.9 Å². The van der Waals surface area contributed by atoms with E-state index in [1.807, 2.05) is 66.2 Å². The standard InChI is InChI=1S/C23H20N4O2/c1-27-20-13-15(8-9-19(20)25-22(27)16-5-4-11-24-14-16)23(28)26-18-10-12-29-21-7-3-2-6-17(18)21/h2-9,11,13-14,18H,10,12H2,1H3,(H,26,28)/t18-/m0/s1. The molecule has 0 saturated carbocycles. The number of nitrogens with zero attached hydrogens (tertiary/aromatic N) is 3. The summed E-state index contributed by atoms with van der Waals surface area (Å²) in [5, 5.41) is 3.16. The van der Waals surface area contributed by atoms with Crippen LogP contribution in [-0.4, -0.2) is 27.0 Å². The van der Waals surface area contributed by atoms with Gasteiger partial charge < -0.3 is 14.6 Å². The normalized spacial score (nSPS) is 15.6. The third kappa shape index (κ3) is 3.12. The van der Waals surface area contributed by atoms with Crippen LogP contribution in [0.25, 0.3) is 22.4 Å². The number of ether oxygens (including phenoxy) is 1. The Balaban J connectivity index is 1.45. The Bertz CT molecular complexity index is 1200. The third-order valence-corrected chi connectivity index (χ3v) is 5.33. The van der Waals surface area contributed by atoms with Crippen molar-refractivity contribution in [2.75, 3.05) is 6.61 Å². The van der Waals surface area contributed by atoms with Gasteiger partial charge in [0, 0.05) is 42.6 Å². The maximum Gasteiger partial charge on any atom is 0.251 e. The molecule has 6 nitrogen and oxygen atoms in total. The van der Waals surface area contributed by atoms with Crippen molar-refractivity contribution < 1.29 is 9.53 Å². The van der Waals surface area contributed by atoms with Gasteiger partial charge in [0.1, 0.15) is 11.6 Å². The lowest BCUT2D eigenvalue weighted by Crippen LogP contribution is -2.32. The van der Waals surface area contributed by atoms with Crippen molar-refractivity contribution in [3.05, 3.63) is 78.1 Å². The van der Waals surface area contributed by atoms with Crippen LogP contribution in [0, 0.1) is 0 Å². The third-order valence-electron chi connectivity index (χ3n) is 5.33. The van der Waals surface area contributed by atoms with Gasteiger partial charge in [-0.3, -0.25) is 9.78 Å². The lowest BCUT2D eigenvalue weighted by atomic mass is 10.00. The number of carbonyl (C=O) groups is 1. The number of imidazole rings is 1. The van der Waals surface area contributed by atoms with Crippen molar-refractivity contribution in [2.45, 2.75) is 12.5 Å². The quantitative estimate of drug-likeness (QED) is 0.582. The number of pyridine rings is 1. The monoisotopic (exact) mass is 384 g/mol. The Morgan fingerprint density at radius 1 is 1.17 bits per heavy atom. The van der Waals surface area contributed by atoms with Gasteiger partial charge in [-0.2, -0.15) is 0 Å². The van der Waals surface area contributed by atoms with E-state index >= 15 is 0 Å². The number of aromatic nitrogens is 3. The summed E-state index contributed by atoms with van der Waals surface area (Å²) in [6.07, 6.45) is 4.28. The Labute approximate surface area is 168 Å². The van der Waals surface area contributed by atoms with Gasteiger partial charge >= 0.3 is 0 Å². The summed E-state index contributed by atoms with van der Waals surface area (Å²) >= 11 is 0. The number of aryl methyl sites for hydroxylation is 1. The number of para-hydroxylation sites is 1.